The van der Waals surface area contributed by atoms with E-state index in [-0.39, 0.29) is 24.1 Å². The lowest BCUT2D eigenvalue weighted by Gasteiger charge is -1.97. The van der Waals surface area contributed by atoms with E-state index in [0.717, 1.165) is 0 Å². The van der Waals surface area contributed by atoms with Crippen molar-refractivity contribution < 1.29 is 14.0 Å². The first-order chi connectivity index (χ1) is 7.20. The number of halogens is 2. The van der Waals surface area contributed by atoms with Gasteiger partial charge in [-0.25, -0.2) is 4.39 Å². The Morgan fingerprint density at radius 3 is 2.93 bits per heavy atom. The zero-order valence-corrected chi connectivity index (χ0v) is 9.03. The van der Waals surface area contributed by atoms with Gasteiger partial charge < -0.3 is 9.63 Å². The molecule has 0 aliphatic heterocycles. The van der Waals surface area contributed by atoms with E-state index in [9.17, 15) is 4.39 Å². The van der Waals surface area contributed by atoms with Crippen molar-refractivity contribution in [1.82, 2.24) is 10.1 Å². The summed E-state index contributed by atoms with van der Waals surface area (Å²) in [4.78, 5) is 3.88. The summed E-state index contributed by atoms with van der Waals surface area (Å²) >= 11 is 3.25. The van der Waals surface area contributed by atoms with Crippen LogP contribution in [0.4, 0.5) is 4.39 Å². The van der Waals surface area contributed by atoms with E-state index < -0.39 is 0 Å². The highest BCUT2D eigenvalue weighted by molar-refractivity contribution is 9.10. The van der Waals surface area contributed by atoms with Gasteiger partial charge in [-0.15, -0.1) is 0 Å². The van der Waals surface area contributed by atoms with Crippen LogP contribution in [-0.2, 0) is 6.61 Å². The van der Waals surface area contributed by atoms with Crippen LogP contribution in [0.1, 0.15) is 5.89 Å². The summed E-state index contributed by atoms with van der Waals surface area (Å²) < 4.78 is 18.3. The van der Waals surface area contributed by atoms with Crippen molar-refractivity contribution in [1.29, 1.82) is 0 Å². The molecule has 0 fully saturated rings. The van der Waals surface area contributed by atoms with Crippen LogP contribution in [0.25, 0.3) is 11.4 Å². The molecule has 0 bridgehead atoms. The van der Waals surface area contributed by atoms with Crippen LogP contribution in [0.15, 0.2) is 27.2 Å². The van der Waals surface area contributed by atoms with Crippen molar-refractivity contribution >= 4 is 15.9 Å². The molecule has 0 saturated heterocycles. The third-order valence-electron chi connectivity index (χ3n) is 1.77. The first-order valence-corrected chi connectivity index (χ1v) is 4.89. The summed E-state index contributed by atoms with van der Waals surface area (Å²) in [5.74, 6) is -0.0462. The summed E-state index contributed by atoms with van der Waals surface area (Å²) in [6, 6.07) is 4.16. The zero-order chi connectivity index (χ0) is 10.8. The molecule has 1 heterocycles. The van der Waals surface area contributed by atoms with Gasteiger partial charge in [0, 0.05) is 10.0 Å². The first kappa shape index (κ1) is 10.3. The van der Waals surface area contributed by atoms with Crippen LogP contribution in [0, 0.1) is 5.82 Å². The minimum Gasteiger partial charge on any atom is -0.387 e. The third kappa shape index (κ3) is 2.05. The maximum atomic E-state index is 13.0. The predicted octanol–water partition coefficient (Wildman–Crippen LogP) is 2.13. The van der Waals surface area contributed by atoms with E-state index in [1.807, 2.05) is 0 Å². The highest BCUT2D eigenvalue weighted by Gasteiger charge is 2.11. The Morgan fingerprint density at radius 2 is 2.27 bits per heavy atom. The second-order valence-corrected chi connectivity index (χ2v) is 3.65. The predicted molar refractivity (Wildman–Crippen MR) is 53.3 cm³/mol. The third-order valence-corrected chi connectivity index (χ3v) is 2.46. The van der Waals surface area contributed by atoms with E-state index in [4.69, 9.17) is 9.63 Å². The van der Waals surface area contributed by atoms with E-state index in [2.05, 4.69) is 26.1 Å². The highest BCUT2D eigenvalue weighted by Crippen LogP contribution is 2.26. The SMILES string of the molecule is OCc1nc(-c2cc(F)ccc2Br)no1. The smallest absolute Gasteiger partial charge is 0.252 e. The van der Waals surface area contributed by atoms with Gasteiger partial charge in [-0.3, -0.25) is 0 Å². The first-order valence-electron chi connectivity index (χ1n) is 4.09. The normalized spacial score (nSPS) is 10.6. The zero-order valence-electron chi connectivity index (χ0n) is 7.44. The molecule has 0 atom stereocenters. The van der Waals surface area contributed by atoms with Crippen LogP contribution < -0.4 is 0 Å². The minimum atomic E-state index is -0.386. The summed E-state index contributed by atoms with van der Waals surface area (Å²) in [6.07, 6.45) is 0. The van der Waals surface area contributed by atoms with Gasteiger partial charge >= 0.3 is 0 Å². The van der Waals surface area contributed by atoms with Gasteiger partial charge in [-0.1, -0.05) is 21.1 Å². The largest absolute Gasteiger partial charge is 0.387 e. The number of nitrogens with zero attached hydrogens (tertiary/aromatic N) is 2. The number of aliphatic hydroxyl groups excluding tert-OH is 1. The number of aromatic nitrogens is 2. The Hall–Kier alpha value is -1.27. The fraction of sp³-hybridized carbons (Fsp3) is 0.111. The second kappa shape index (κ2) is 4.08. The van der Waals surface area contributed by atoms with Crippen molar-refractivity contribution in [2.45, 2.75) is 6.61 Å². The molecule has 0 amide bonds. The molecule has 0 aliphatic rings. The van der Waals surface area contributed by atoms with Gasteiger partial charge in [0.2, 0.25) is 5.82 Å². The summed E-state index contributed by atoms with van der Waals surface area (Å²) in [6.45, 7) is -0.333. The van der Waals surface area contributed by atoms with Crippen molar-refractivity contribution in [2.24, 2.45) is 0 Å². The average molecular weight is 273 g/mol. The fourth-order valence-corrected chi connectivity index (χ4v) is 1.52. The molecule has 1 aromatic heterocycles. The maximum Gasteiger partial charge on any atom is 0.252 e. The lowest BCUT2D eigenvalue weighted by Crippen LogP contribution is -1.86. The average Bonchev–Trinajstić information content (AvgIpc) is 2.70. The molecule has 4 nitrogen and oxygen atoms in total. The Bertz CT molecular complexity index is 487. The van der Waals surface area contributed by atoms with Crippen LogP contribution in [0.5, 0.6) is 0 Å². The van der Waals surface area contributed by atoms with Gasteiger partial charge in [0.25, 0.3) is 5.89 Å². The van der Waals surface area contributed by atoms with Crippen molar-refractivity contribution in [2.75, 3.05) is 0 Å². The Balaban J connectivity index is 2.48. The monoisotopic (exact) mass is 272 g/mol. The molecule has 0 aliphatic carbocycles. The summed E-state index contributed by atoms with van der Waals surface area (Å²) in [7, 11) is 0. The number of hydrogen-bond donors (Lipinski definition) is 1. The Morgan fingerprint density at radius 1 is 1.47 bits per heavy atom. The molecule has 0 spiro atoms. The molecule has 2 rings (SSSR count). The van der Waals surface area contributed by atoms with Gasteiger partial charge in [-0.05, 0) is 18.2 Å². The maximum absolute atomic E-state index is 13.0. The number of hydrogen-bond acceptors (Lipinski definition) is 4. The fourth-order valence-electron chi connectivity index (χ4n) is 1.10. The molecular formula is C9H6BrFN2O2. The van der Waals surface area contributed by atoms with Crippen molar-refractivity contribution in [3.63, 3.8) is 0 Å². The molecule has 2 aromatic rings. The van der Waals surface area contributed by atoms with E-state index >= 15 is 0 Å². The molecule has 6 heteroatoms. The molecular weight excluding hydrogens is 267 g/mol. The highest BCUT2D eigenvalue weighted by atomic mass is 79.9. The second-order valence-electron chi connectivity index (χ2n) is 2.79. The molecule has 0 radical (unpaired) electrons. The molecule has 1 N–H and O–H groups in total. The van der Waals surface area contributed by atoms with Gasteiger partial charge in [0.15, 0.2) is 0 Å². The number of benzene rings is 1. The molecule has 0 unspecified atom stereocenters. The number of rotatable bonds is 2. The van der Waals surface area contributed by atoms with E-state index in [0.29, 0.717) is 10.0 Å². The topological polar surface area (TPSA) is 59.2 Å². The number of aliphatic hydroxyl groups is 1. The molecule has 15 heavy (non-hydrogen) atoms. The standard InChI is InChI=1S/C9H6BrFN2O2/c10-7-2-1-5(11)3-6(7)9-12-8(4-14)15-13-9/h1-3,14H,4H2. The lowest BCUT2D eigenvalue weighted by atomic mass is 10.2. The van der Waals surface area contributed by atoms with Crippen LogP contribution in [0.2, 0.25) is 0 Å². The lowest BCUT2D eigenvalue weighted by molar-refractivity contribution is 0.222. The van der Waals surface area contributed by atoms with Gasteiger partial charge in [0.1, 0.15) is 12.4 Å². The van der Waals surface area contributed by atoms with E-state index in [1.54, 1.807) is 6.07 Å². The van der Waals surface area contributed by atoms with Crippen LogP contribution in [-0.4, -0.2) is 15.2 Å². The van der Waals surface area contributed by atoms with Crippen LogP contribution >= 0.6 is 15.9 Å². The van der Waals surface area contributed by atoms with Gasteiger partial charge in [0.05, 0.1) is 0 Å². The van der Waals surface area contributed by atoms with Gasteiger partial charge in [-0.2, -0.15) is 4.98 Å². The summed E-state index contributed by atoms with van der Waals surface area (Å²) in [5.41, 5.74) is 0.485. The molecule has 1 aromatic carbocycles. The summed E-state index contributed by atoms with van der Waals surface area (Å²) in [5, 5.41) is 12.4. The Labute approximate surface area is 92.9 Å². The van der Waals surface area contributed by atoms with Crippen LogP contribution in [0.3, 0.4) is 0 Å². The van der Waals surface area contributed by atoms with Crippen molar-refractivity contribution in [3.05, 3.63) is 34.4 Å². The van der Waals surface area contributed by atoms with E-state index in [1.165, 1.54) is 12.1 Å². The molecule has 0 saturated carbocycles. The molecule has 78 valence electrons. The minimum absolute atomic E-state index is 0.0983. The quantitative estimate of drug-likeness (QED) is 0.910. The van der Waals surface area contributed by atoms with Crippen molar-refractivity contribution in [3.8, 4) is 11.4 Å². The Kier molecular flexibility index (Phi) is 2.79.